The summed E-state index contributed by atoms with van der Waals surface area (Å²) in [6.07, 6.45) is 1.39. The molecule has 1 aromatic carbocycles. The minimum absolute atomic E-state index is 0.0433. The van der Waals surface area contributed by atoms with Crippen LogP contribution in [0.3, 0.4) is 0 Å². The van der Waals surface area contributed by atoms with Gasteiger partial charge in [0.1, 0.15) is 17.7 Å². The minimum atomic E-state index is -0.624. The highest BCUT2D eigenvalue weighted by Gasteiger charge is 2.35. The van der Waals surface area contributed by atoms with E-state index in [-0.39, 0.29) is 23.8 Å². The maximum atomic E-state index is 13.8. The van der Waals surface area contributed by atoms with Gasteiger partial charge in [0.05, 0.1) is 4.88 Å². The number of carbonyl (C=O) groups is 2. The van der Waals surface area contributed by atoms with Crippen LogP contribution in [0.2, 0.25) is 0 Å². The van der Waals surface area contributed by atoms with Gasteiger partial charge in [-0.25, -0.2) is 8.78 Å². The molecule has 2 amide bonds. The predicted octanol–water partition coefficient (Wildman–Crippen LogP) is 3.38. The third kappa shape index (κ3) is 3.93. The van der Waals surface area contributed by atoms with Crippen molar-refractivity contribution in [2.45, 2.75) is 38.3 Å². The third-order valence-corrected chi connectivity index (χ3v) is 5.37. The van der Waals surface area contributed by atoms with Crippen LogP contribution >= 0.6 is 11.3 Å². The Morgan fingerprint density at radius 3 is 2.65 bits per heavy atom. The average molecular weight is 378 g/mol. The zero-order valence-electron chi connectivity index (χ0n) is 14.4. The molecule has 0 spiro atoms. The molecule has 2 atom stereocenters. The highest BCUT2D eigenvalue weighted by atomic mass is 32.1. The van der Waals surface area contributed by atoms with Crippen molar-refractivity contribution in [3.8, 4) is 0 Å². The molecule has 2 heterocycles. The Bertz CT molecular complexity index is 775. The Hall–Kier alpha value is -2.28. The second kappa shape index (κ2) is 7.95. The van der Waals surface area contributed by atoms with Gasteiger partial charge in [-0.05, 0) is 49.8 Å². The van der Waals surface area contributed by atoms with Crippen LogP contribution in [-0.4, -0.2) is 35.3 Å². The fourth-order valence-electron chi connectivity index (χ4n) is 3.25. The van der Waals surface area contributed by atoms with Crippen LogP contribution < -0.4 is 5.32 Å². The number of benzene rings is 1. The van der Waals surface area contributed by atoms with E-state index >= 15 is 0 Å². The molecule has 1 saturated heterocycles. The number of rotatable bonds is 5. The Morgan fingerprint density at radius 2 is 2.00 bits per heavy atom. The van der Waals surface area contributed by atoms with Gasteiger partial charge in [-0.1, -0.05) is 12.1 Å². The first kappa shape index (κ1) is 18.5. The highest BCUT2D eigenvalue weighted by Crippen LogP contribution is 2.23. The van der Waals surface area contributed by atoms with Crippen molar-refractivity contribution < 1.29 is 18.4 Å². The zero-order valence-corrected chi connectivity index (χ0v) is 15.2. The number of amides is 2. The minimum Gasteiger partial charge on any atom is -0.352 e. The standard InChI is InChI=1S/C19H20F2N2O2S/c1-12(11-13-14(20)5-2-6-15(13)21)22-18(24)16-7-3-9-23(16)19(25)17-8-4-10-26-17/h2,4-6,8,10,12,16H,3,7,9,11H2,1H3,(H,22,24)/t12?,16-/m0/s1. The van der Waals surface area contributed by atoms with E-state index in [1.165, 1.54) is 29.5 Å². The SMILES string of the molecule is CC(Cc1c(F)cccc1F)NC(=O)[C@@H]1CCCN1C(=O)c1cccs1. The fraction of sp³-hybridized carbons (Fsp3) is 0.368. The lowest BCUT2D eigenvalue weighted by atomic mass is 10.1. The number of likely N-dealkylation sites (tertiary alicyclic amines) is 1. The first-order valence-corrected chi connectivity index (χ1v) is 9.43. The maximum absolute atomic E-state index is 13.8. The summed E-state index contributed by atoms with van der Waals surface area (Å²) >= 11 is 1.34. The topological polar surface area (TPSA) is 49.4 Å². The number of hydrogen-bond donors (Lipinski definition) is 1. The van der Waals surface area contributed by atoms with E-state index in [1.807, 2.05) is 5.38 Å². The van der Waals surface area contributed by atoms with E-state index in [0.29, 0.717) is 17.8 Å². The molecule has 138 valence electrons. The van der Waals surface area contributed by atoms with Gasteiger partial charge < -0.3 is 10.2 Å². The molecule has 2 aromatic rings. The number of hydrogen-bond acceptors (Lipinski definition) is 3. The van der Waals surface area contributed by atoms with Crippen molar-refractivity contribution >= 4 is 23.2 Å². The molecular formula is C19H20F2N2O2S. The summed E-state index contributed by atoms with van der Waals surface area (Å²) in [5.41, 5.74) is -0.0433. The van der Waals surface area contributed by atoms with Crippen molar-refractivity contribution in [1.82, 2.24) is 10.2 Å². The summed E-state index contributed by atoms with van der Waals surface area (Å²) in [7, 11) is 0. The van der Waals surface area contributed by atoms with Crippen LogP contribution in [0.1, 0.15) is 35.0 Å². The Morgan fingerprint density at radius 1 is 1.27 bits per heavy atom. The molecule has 1 fully saturated rings. The summed E-state index contributed by atoms with van der Waals surface area (Å²) < 4.78 is 27.5. The number of halogens is 2. The second-order valence-corrected chi connectivity index (χ2v) is 7.40. The van der Waals surface area contributed by atoms with Gasteiger partial charge in [-0.3, -0.25) is 9.59 Å². The zero-order chi connectivity index (χ0) is 18.7. The molecule has 7 heteroatoms. The molecule has 1 unspecified atom stereocenters. The molecule has 26 heavy (non-hydrogen) atoms. The fourth-order valence-corrected chi connectivity index (χ4v) is 3.93. The van der Waals surface area contributed by atoms with Gasteiger partial charge in [0, 0.05) is 18.2 Å². The molecule has 0 bridgehead atoms. The largest absolute Gasteiger partial charge is 0.352 e. The predicted molar refractivity (Wildman–Crippen MR) is 96.0 cm³/mol. The van der Waals surface area contributed by atoms with Gasteiger partial charge in [0.2, 0.25) is 5.91 Å². The summed E-state index contributed by atoms with van der Waals surface area (Å²) in [5, 5.41) is 4.61. The van der Waals surface area contributed by atoms with E-state index in [4.69, 9.17) is 0 Å². The molecule has 4 nitrogen and oxygen atoms in total. The van der Waals surface area contributed by atoms with E-state index < -0.39 is 23.7 Å². The van der Waals surface area contributed by atoms with Crippen molar-refractivity contribution in [2.75, 3.05) is 6.54 Å². The summed E-state index contributed by atoms with van der Waals surface area (Å²) in [5.74, 6) is -1.68. The lowest BCUT2D eigenvalue weighted by Gasteiger charge is -2.25. The monoisotopic (exact) mass is 378 g/mol. The Kier molecular flexibility index (Phi) is 5.66. The molecule has 1 aromatic heterocycles. The molecule has 0 radical (unpaired) electrons. The van der Waals surface area contributed by atoms with Gasteiger partial charge in [0.15, 0.2) is 0 Å². The van der Waals surface area contributed by atoms with Gasteiger partial charge in [-0.15, -0.1) is 11.3 Å². The first-order chi connectivity index (χ1) is 12.5. The van der Waals surface area contributed by atoms with Gasteiger partial charge >= 0.3 is 0 Å². The molecule has 0 aliphatic carbocycles. The lowest BCUT2D eigenvalue weighted by molar-refractivity contribution is -0.125. The van der Waals surface area contributed by atoms with Crippen molar-refractivity contribution in [3.63, 3.8) is 0 Å². The number of thiophene rings is 1. The summed E-state index contributed by atoms with van der Waals surface area (Å²) in [6.45, 7) is 2.23. The Labute approximate surface area is 154 Å². The molecular weight excluding hydrogens is 358 g/mol. The van der Waals surface area contributed by atoms with Crippen LogP contribution in [-0.2, 0) is 11.2 Å². The summed E-state index contributed by atoms with van der Waals surface area (Å²) in [4.78, 5) is 27.3. The lowest BCUT2D eigenvalue weighted by Crippen LogP contribution is -2.48. The molecule has 1 N–H and O–H groups in total. The van der Waals surface area contributed by atoms with Crippen LogP contribution in [0, 0.1) is 11.6 Å². The normalized spacial score (nSPS) is 18.0. The van der Waals surface area contributed by atoms with E-state index in [1.54, 1.807) is 24.0 Å². The van der Waals surface area contributed by atoms with Crippen LogP contribution in [0.15, 0.2) is 35.7 Å². The number of nitrogens with zero attached hydrogens (tertiary/aromatic N) is 1. The number of nitrogens with one attached hydrogen (secondary N) is 1. The average Bonchev–Trinajstić information content (AvgIpc) is 3.28. The highest BCUT2D eigenvalue weighted by molar-refractivity contribution is 7.12. The smallest absolute Gasteiger partial charge is 0.264 e. The summed E-state index contributed by atoms with van der Waals surface area (Å²) in [6, 6.07) is 6.25. The third-order valence-electron chi connectivity index (χ3n) is 4.51. The maximum Gasteiger partial charge on any atom is 0.264 e. The molecule has 3 rings (SSSR count). The van der Waals surface area contributed by atoms with Crippen LogP contribution in [0.25, 0.3) is 0 Å². The van der Waals surface area contributed by atoms with Crippen molar-refractivity contribution in [3.05, 3.63) is 57.8 Å². The van der Waals surface area contributed by atoms with Gasteiger partial charge in [-0.2, -0.15) is 0 Å². The first-order valence-electron chi connectivity index (χ1n) is 8.55. The molecule has 1 aliphatic rings. The molecule has 0 saturated carbocycles. The van der Waals surface area contributed by atoms with Crippen LogP contribution in [0.5, 0.6) is 0 Å². The van der Waals surface area contributed by atoms with Crippen molar-refractivity contribution in [1.29, 1.82) is 0 Å². The van der Waals surface area contributed by atoms with Crippen LogP contribution in [0.4, 0.5) is 8.78 Å². The molecule has 1 aliphatic heterocycles. The van der Waals surface area contributed by atoms with Crippen molar-refractivity contribution in [2.24, 2.45) is 0 Å². The Balaban J connectivity index is 1.64. The van der Waals surface area contributed by atoms with Gasteiger partial charge in [0.25, 0.3) is 5.91 Å². The second-order valence-electron chi connectivity index (χ2n) is 6.45. The van der Waals surface area contributed by atoms with E-state index in [2.05, 4.69) is 5.32 Å². The number of carbonyl (C=O) groups excluding carboxylic acids is 2. The van der Waals surface area contributed by atoms with E-state index in [0.717, 1.165) is 6.42 Å². The van der Waals surface area contributed by atoms with E-state index in [9.17, 15) is 18.4 Å². The quantitative estimate of drug-likeness (QED) is 0.867.